The molecule has 0 bridgehead atoms. The van der Waals surface area contributed by atoms with E-state index in [2.05, 4.69) is 11.9 Å². The van der Waals surface area contributed by atoms with Crippen molar-refractivity contribution in [2.24, 2.45) is 0 Å². The van der Waals surface area contributed by atoms with Gasteiger partial charge in [0.25, 0.3) is 0 Å². The van der Waals surface area contributed by atoms with E-state index in [-0.39, 0.29) is 11.7 Å². The summed E-state index contributed by atoms with van der Waals surface area (Å²) in [6, 6.07) is 17.2. The number of nitrogens with zero attached hydrogens (tertiary/aromatic N) is 1. The molecule has 0 saturated carbocycles. The molecule has 2 heterocycles. The lowest BCUT2D eigenvalue weighted by Crippen LogP contribution is -2.35. The lowest BCUT2D eigenvalue weighted by atomic mass is 10.1. The Bertz CT molecular complexity index is 925. The Labute approximate surface area is 146 Å². The Morgan fingerprint density at radius 2 is 1.80 bits per heavy atom. The summed E-state index contributed by atoms with van der Waals surface area (Å²) in [5, 5.41) is 0.897. The molecule has 0 N–H and O–H groups in total. The molecule has 0 unspecified atom stereocenters. The lowest BCUT2D eigenvalue weighted by molar-refractivity contribution is 0.114. The summed E-state index contributed by atoms with van der Waals surface area (Å²) in [7, 11) is 2.13. The van der Waals surface area contributed by atoms with Gasteiger partial charge in [0.1, 0.15) is 17.4 Å². The standard InChI is InChI=1S/C21H21NO3/c1-22-11-9-17(10-12-22)24-18-8-7-16-13-19(15-5-3-2-4-6-15)21(23)25-20(16)14-18/h2-8,13-14,17H,9-12H2,1H3. The number of ether oxygens (including phenoxy) is 1. The van der Waals surface area contributed by atoms with Crippen molar-refractivity contribution >= 4 is 11.0 Å². The van der Waals surface area contributed by atoms with Crippen LogP contribution in [-0.4, -0.2) is 31.1 Å². The highest BCUT2D eigenvalue weighted by atomic mass is 16.5. The van der Waals surface area contributed by atoms with Crippen molar-refractivity contribution in [2.45, 2.75) is 18.9 Å². The van der Waals surface area contributed by atoms with Crippen LogP contribution in [0.5, 0.6) is 5.75 Å². The molecule has 1 fully saturated rings. The van der Waals surface area contributed by atoms with Crippen molar-refractivity contribution in [3.05, 3.63) is 65.0 Å². The fourth-order valence-corrected chi connectivity index (χ4v) is 3.28. The average molecular weight is 335 g/mol. The van der Waals surface area contributed by atoms with Gasteiger partial charge >= 0.3 is 5.63 Å². The summed E-state index contributed by atoms with van der Waals surface area (Å²) in [6.07, 6.45) is 2.26. The predicted molar refractivity (Wildman–Crippen MR) is 99.1 cm³/mol. The zero-order valence-electron chi connectivity index (χ0n) is 14.3. The molecule has 1 aromatic heterocycles. The van der Waals surface area contributed by atoms with Crippen LogP contribution in [0.4, 0.5) is 0 Å². The monoisotopic (exact) mass is 335 g/mol. The minimum atomic E-state index is -0.324. The third-order valence-corrected chi connectivity index (χ3v) is 4.76. The molecule has 0 amide bonds. The van der Waals surface area contributed by atoms with E-state index in [0.717, 1.165) is 42.6 Å². The molecule has 0 aliphatic carbocycles. The van der Waals surface area contributed by atoms with Crippen LogP contribution < -0.4 is 10.4 Å². The Morgan fingerprint density at radius 1 is 1.04 bits per heavy atom. The van der Waals surface area contributed by atoms with Crippen LogP contribution in [0.25, 0.3) is 22.1 Å². The van der Waals surface area contributed by atoms with Gasteiger partial charge in [-0.1, -0.05) is 30.3 Å². The van der Waals surface area contributed by atoms with Gasteiger partial charge < -0.3 is 14.1 Å². The third kappa shape index (κ3) is 3.44. The third-order valence-electron chi connectivity index (χ3n) is 4.76. The summed E-state index contributed by atoms with van der Waals surface area (Å²) < 4.78 is 11.6. The average Bonchev–Trinajstić information content (AvgIpc) is 2.64. The van der Waals surface area contributed by atoms with E-state index in [1.165, 1.54) is 0 Å². The maximum Gasteiger partial charge on any atom is 0.344 e. The van der Waals surface area contributed by atoms with Crippen LogP contribution in [0.2, 0.25) is 0 Å². The number of rotatable bonds is 3. The normalized spacial score (nSPS) is 16.2. The summed E-state index contributed by atoms with van der Waals surface area (Å²) >= 11 is 0. The Kier molecular flexibility index (Phi) is 4.28. The summed E-state index contributed by atoms with van der Waals surface area (Å²) in [4.78, 5) is 14.7. The van der Waals surface area contributed by atoms with Crippen molar-refractivity contribution in [2.75, 3.05) is 20.1 Å². The molecule has 3 aromatic rings. The van der Waals surface area contributed by atoms with Crippen LogP contribution in [0.15, 0.2) is 63.8 Å². The molecule has 25 heavy (non-hydrogen) atoms. The second kappa shape index (κ2) is 6.73. The van der Waals surface area contributed by atoms with E-state index >= 15 is 0 Å². The van der Waals surface area contributed by atoms with Crippen LogP contribution >= 0.6 is 0 Å². The zero-order valence-corrected chi connectivity index (χ0v) is 14.3. The van der Waals surface area contributed by atoms with E-state index < -0.39 is 0 Å². The number of piperidine rings is 1. The van der Waals surface area contributed by atoms with E-state index in [9.17, 15) is 4.79 Å². The number of fused-ring (bicyclic) bond motifs is 1. The second-order valence-corrected chi connectivity index (χ2v) is 6.63. The van der Waals surface area contributed by atoms with Gasteiger partial charge in [-0.05, 0) is 43.7 Å². The maximum absolute atomic E-state index is 12.4. The molecule has 2 aromatic carbocycles. The number of hydrogen-bond donors (Lipinski definition) is 0. The first kappa shape index (κ1) is 15.9. The molecule has 1 saturated heterocycles. The van der Waals surface area contributed by atoms with Crippen LogP contribution in [0.1, 0.15) is 12.8 Å². The van der Waals surface area contributed by atoms with Gasteiger partial charge in [-0.2, -0.15) is 0 Å². The SMILES string of the molecule is CN1CCC(Oc2ccc3cc(-c4ccccc4)c(=O)oc3c2)CC1. The molecule has 128 valence electrons. The van der Waals surface area contributed by atoms with Gasteiger partial charge in [0.05, 0.1) is 5.56 Å². The molecular weight excluding hydrogens is 314 g/mol. The molecule has 1 aliphatic heterocycles. The molecule has 0 spiro atoms. The highest BCUT2D eigenvalue weighted by molar-refractivity contribution is 5.82. The van der Waals surface area contributed by atoms with E-state index in [0.29, 0.717) is 11.1 Å². The fraction of sp³-hybridized carbons (Fsp3) is 0.286. The largest absolute Gasteiger partial charge is 0.490 e. The van der Waals surface area contributed by atoms with Gasteiger partial charge in [0.15, 0.2) is 0 Å². The molecule has 4 nitrogen and oxygen atoms in total. The highest BCUT2D eigenvalue weighted by Gasteiger charge is 2.18. The minimum absolute atomic E-state index is 0.226. The predicted octanol–water partition coefficient (Wildman–Crippen LogP) is 3.93. The Morgan fingerprint density at radius 3 is 2.56 bits per heavy atom. The molecular formula is C21H21NO3. The number of hydrogen-bond acceptors (Lipinski definition) is 4. The van der Waals surface area contributed by atoms with E-state index in [1.54, 1.807) is 0 Å². The van der Waals surface area contributed by atoms with Crippen LogP contribution in [0, 0.1) is 0 Å². The van der Waals surface area contributed by atoms with Crippen molar-refractivity contribution in [3.8, 4) is 16.9 Å². The molecule has 0 radical (unpaired) electrons. The Hall–Kier alpha value is -2.59. The topological polar surface area (TPSA) is 42.7 Å². The molecule has 1 aliphatic rings. The number of likely N-dealkylation sites (tertiary alicyclic amines) is 1. The first-order valence-corrected chi connectivity index (χ1v) is 8.67. The van der Waals surface area contributed by atoms with E-state index in [4.69, 9.17) is 9.15 Å². The first-order chi connectivity index (χ1) is 12.2. The quantitative estimate of drug-likeness (QED) is 0.680. The van der Waals surface area contributed by atoms with Gasteiger partial charge in [-0.25, -0.2) is 4.79 Å². The van der Waals surface area contributed by atoms with Crippen LogP contribution in [-0.2, 0) is 0 Å². The summed E-state index contributed by atoms with van der Waals surface area (Å²) in [5.74, 6) is 0.762. The highest BCUT2D eigenvalue weighted by Crippen LogP contribution is 2.26. The van der Waals surface area contributed by atoms with Gasteiger partial charge in [-0.15, -0.1) is 0 Å². The number of benzene rings is 2. The van der Waals surface area contributed by atoms with Crippen molar-refractivity contribution in [3.63, 3.8) is 0 Å². The molecule has 4 heteroatoms. The zero-order chi connectivity index (χ0) is 17.2. The fourth-order valence-electron chi connectivity index (χ4n) is 3.28. The van der Waals surface area contributed by atoms with Crippen molar-refractivity contribution in [1.29, 1.82) is 0 Å². The first-order valence-electron chi connectivity index (χ1n) is 8.67. The van der Waals surface area contributed by atoms with Crippen LogP contribution in [0.3, 0.4) is 0 Å². The van der Waals surface area contributed by atoms with Gasteiger partial charge in [0.2, 0.25) is 0 Å². The van der Waals surface area contributed by atoms with Gasteiger partial charge in [0, 0.05) is 24.5 Å². The lowest BCUT2D eigenvalue weighted by Gasteiger charge is -2.29. The van der Waals surface area contributed by atoms with Crippen molar-refractivity contribution in [1.82, 2.24) is 4.90 Å². The molecule has 0 atom stereocenters. The maximum atomic E-state index is 12.4. The Balaban J connectivity index is 1.62. The minimum Gasteiger partial charge on any atom is -0.490 e. The van der Waals surface area contributed by atoms with E-state index in [1.807, 2.05) is 54.6 Å². The summed E-state index contributed by atoms with van der Waals surface area (Å²) in [5.41, 5.74) is 1.69. The smallest absolute Gasteiger partial charge is 0.344 e. The summed E-state index contributed by atoms with van der Waals surface area (Å²) in [6.45, 7) is 2.10. The van der Waals surface area contributed by atoms with Gasteiger partial charge in [-0.3, -0.25) is 0 Å². The van der Waals surface area contributed by atoms with Crippen molar-refractivity contribution < 1.29 is 9.15 Å². The molecule has 4 rings (SSSR count). The second-order valence-electron chi connectivity index (χ2n) is 6.63.